The lowest BCUT2D eigenvalue weighted by Crippen LogP contribution is -2.21. The summed E-state index contributed by atoms with van der Waals surface area (Å²) in [5, 5.41) is 17.9. The van der Waals surface area contributed by atoms with Crippen LogP contribution in [0.2, 0.25) is 0 Å². The summed E-state index contributed by atoms with van der Waals surface area (Å²) in [6, 6.07) is 5.45. The van der Waals surface area contributed by atoms with Crippen molar-refractivity contribution in [1.82, 2.24) is 0 Å². The summed E-state index contributed by atoms with van der Waals surface area (Å²) in [6.07, 6.45) is 0. The van der Waals surface area contributed by atoms with E-state index < -0.39 is 11.9 Å². The van der Waals surface area contributed by atoms with Crippen LogP contribution in [0.15, 0.2) is 12.1 Å². The van der Waals surface area contributed by atoms with Gasteiger partial charge in [0, 0.05) is 6.54 Å². The van der Waals surface area contributed by atoms with Crippen molar-refractivity contribution in [1.29, 1.82) is 5.26 Å². The van der Waals surface area contributed by atoms with Gasteiger partial charge in [0.2, 0.25) is 0 Å². The van der Waals surface area contributed by atoms with Crippen LogP contribution in [0.5, 0.6) is 0 Å². The van der Waals surface area contributed by atoms with E-state index in [9.17, 15) is 4.79 Å². The number of benzene rings is 1. The highest BCUT2D eigenvalue weighted by atomic mass is 16.4. The minimum atomic E-state index is -0.963. The van der Waals surface area contributed by atoms with Crippen LogP contribution in [0.4, 0.5) is 0 Å². The SMILES string of the molecule is Cc1cc(C(CN)C(=O)O)cc(C#N)c1C. The molecule has 1 aromatic carbocycles. The zero-order valence-corrected chi connectivity index (χ0v) is 9.32. The second kappa shape index (κ2) is 4.77. The van der Waals surface area contributed by atoms with Gasteiger partial charge in [-0.2, -0.15) is 5.26 Å². The van der Waals surface area contributed by atoms with Crippen LogP contribution >= 0.6 is 0 Å². The predicted molar refractivity (Wildman–Crippen MR) is 60.1 cm³/mol. The zero-order valence-electron chi connectivity index (χ0n) is 9.32. The van der Waals surface area contributed by atoms with Crippen LogP contribution in [0, 0.1) is 25.2 Å². The van der Waals surface area contributed by atoms with Crippen LogP contribution in [0.25, 0.3) is 0 Å². The maximum atomic E-state index is 11.0. The molecule has 0 saturated carbocycles. The molecule has 1 unspecified atom stereocenters. The van der Waals surface area contributed by atoms with Crippen molar-refractivity contribution in [3.8, 4) is 6.07 Å². The molecule has 0 fully saturated rings. The molecular formula is C12H14N2O2. The molecular weight excluding hydrogens is 204 g/mol. The van der Waals surface area contributed by atoms with Gasteiger partial charge in [-0.3, -0.25) is 4.79 Å². The molecule has 0 aliphatic rings. The number of nitrogens with two attached hydrogens (primary N) is 1. The summed E-state index contributed by atoms with van der Waals surface area (Å²) in [6.45, 7) is 3.73. The van der Waals surface area contributed by atoms with Crippen LogP contribution in [-0.4, -0.2) is 17.6 Å². The molecule has 1 rings (SSSR count). The van der Waals surface area contributed by atoms with Gasteiger partial charge in [-0.05, 0) is 36.6 Å². The fourth-order valence-electron chi connectivity index (χ4n) is 1.58. The molecule has 0 aromatic heterocycles. The number of carbonyl (C=O) groups is 1. The minimum Gasteiger partial charge on any atom is -0.481 e. The number of hydrogen-bond acceptors (Lipinski definition) is 3. The first-order valence-corrected chi connectivity index (χ1v) is 4.95. The van der Waals surface area contributed by atoms with Crippen molar-refractivity contribution in [2.24, 2.45) is 5.73 Å². The van der Waals surface area contributed by atoms with Crippen LogP contribution in [0.1, 0.15) is 28.2 Å². The second-order valence-electron chi connectivity index (χ2n) is 3.75. The third-order valence-electron chi connectivity index (χ3n) is 2.75. The minimum absolute atomic E-state index is 0.0305. The molecule has 0 saturated heterocycles. The predicted octanol–water partition coefficient (Wildman–Crippen LogP) is 1.30. The van der Waals surface area contributed by atoms with Crippen molar-refractivity contribution < 1.29 is 9.90 Å². The molecule has 84 valence electrons. The summed E-state index contributed by atoms with van der Waals surface area (Å²) in [5.41, 5.74) is 8.32. The Balaban J connectivity index is 3.31. The summed E-state index contributed by atoms with van der Waals surface area (Å²) in [7, 11) is 0. The van der Waals surface area contributed by atoms with Crippen LogP contribution in [-0.2, 0) is 4.79 Å². The maximum absolute atomic E-state index is 11.0. The summed E-state index contributed by atoms with van der Waals surface area (Å²) >= 11 is 0. The van der Waals surface area contributed by atoms with E-state index >= 15 is 0 Å². The molecule has 0 radical (unpaired) electrons. The van der Waals surface area contributed by atoms with Gasteiger partial charge < -0.3 is 10.8 Å². The molecule has 4 nitrogen and oxygen atoms in total. The summed E-state index contributed by atoms with van der Waals surface area (Å²) < 4.78 is 0. The number of hydrogen-bond donors (Lipinski definition) is 2. The van der Waals surface area contributed by atoms with Crippen molar-refractivity contribution >= 4 is 5.97 Å². The summed E-state index contributed by atoms with van der Waals surface area (Å²) in [5.74, 6) is -1.71. The Morgan fingerprint density at radius 3 is 2.62 bits per heavy atom. The first kappa shape index (κ1) is 12.2. The molecule has 0 aliphatic carbocycles. The van der Waals surface area contributed by atoms with Gasteiger partial charge in [-0.15, -0.1) is 0 Å². The van der Waals surface area contributed by atoms with E-state index in [4.69, 9.17) is 16.1 Å². The topological polar surface area (TPSA) is 87.1 Å². The van der Waals surface area contributed by atoms with E-state index in [0.717, 1.165) is 11.1 Å². The number of nitriles is 1. The fraction of sp³-hybridized carbons (Fsp3) is 0.333. The van der Waals surface area contributed by atoms with E-state index in [0.29, 0.717) is 11.1 Å². The van der Waals surface area contributed by atoms with Gasteiger partial charge in [0.05, 0.1) is 17.6 Å². The average molecular weight is 218 g/mol. The van der Waals surface area contributed by atoms with Crippen molar-refractivity contribution in [3.63, 3.8) is 0 Å². The van der Waals surface area contributed by atoms with E-state index in [1.54, 1.807) is 12.1 Å². The highest BCUT2D eigenvalue weighted by Crippen LogP contribution is 2.22. The van der Waals surface area contributed by atoms with Gasteiger partial charge in [0.25, 0.3) is 0 Å². The monoisotopic (exact) mass is 218 g/mol. The highest BCUT2D eigenvalue weighted by molar-refractivity contribution is 5.76. The Labute approximate surface area is 94.3 Å². The first-order valence-electron chi connectivity index (χ1n) is 4.95. The van der Waals surface area contributed by atoms with Crippen molar-refractivity contribution in [2.75, 3.05) is 6.54 Å². The Bertz CT molecular complexity index is 461. The van der Waals surface area contributed by atoms with Gasteiger partial charge in [-0.25, -0.2) is 0 Å². The lowest BCUT2D eigenvalue weighted by Gasteiger charge is -2.13. The fourth-order valence-corrected chi connectivity index (χ4v) is 1.58. The van der Waals surface area contributed by atoms with E-state index in [1.165, 1.54) is 0 Å². The Hall–Kier alpha value is -1.86. The first-order chi connectivity index (χ1) is 7.51. The molecule has 0 amide bonds. The largest absolute Gasteiger partial charge is 0.481 e. The standard InChI is InChI=1S/C12H14N2O2/c1-7-3-9(11(6-14)12(15)16)4-10(5-13)8(7)2/h3-4,11H,6,14H2,1-2H3,(H,15,16). The molecule has 0 heterocycles. The quantitative estimate of drug-likeness (QED) is 0.800. The third kappa shape index (κ3) is 2.20. The van der Waals surface area contributed by atoms with E-state index in [2.05, 4.69) is 6.07 Å². The van der Waals surface area contributed by atoms with E-state index in [-0.39, 0.29) is 6.54 Å². The van der Waals surface area contributed by atoms with Gasteiger partial charge in [0.1, 0.15) is 0 Å². The second-order valence-corrected chi connectivity index (χ2v) is 3.75. The molecule has 0 aliphatic heterocycles. The lowest BCUT2D eigenvalue weighted by molar-refractivity contribution is -0.138. The molecule has 3 N–H and O–H groups in total. The normalized spacial score (nSPS) is 11.9. The Morgan fingerprint density at radius 1 is 1.56 bits per heavy atom. The number of aryl methyl sites for hydroxylation is 1. The number of rotatable bonds is 3. The maximum Gasteiger partial charge on any atom is 0.312 e. The number of carboxylic acid groups (broad SMARTS) is 1. The highest BCUT2D eigenvalue weighted by Gasteiger charge is 2.19. The van der Waals surface area contributed by atoms with Gasteiger partial charge in [-0.1, -0.05) is 6.07 Å². The molecule has 0 bridgehead atoms. The molecule has 1 aromatic rings. The summed E-state index contributed by atoms with van der Waals surface area (Å²) in [4.78, 5) is 11.0. The van der Waals surface area contributed by atoms with Gasteiger partial charge >= 0.3 is 5.97 Å². The zero-order chi connectivity index (χ0) is 12.3. The van der Waals surface area contributed by atoms with Crippen molar-refractivity contribution in [3.05, 3.63) is 34.4 Å². The molecule has 4 heteroatoms. The number of carboxylic acids is 1. The molecule has 0 spiro atoms. The Morgan fingerprint density at radius 2 is 2.19 bits per heavy atom. The Kier molecular flexibility index (Phi) is 3.64. The van der Waals surface area contributed by atoms with E-state index in [1.807, 2.05) is 13.8 Å². The van der Waals surface area contributed by atoms with Crippen LogP contribution < -0.4 is 5.73 Å². The number of aliphatic carboxylic acids is 1. The smallest absolute Gasteiger partial charge is 0.312 e. The lowest BCUT2D eigenvalue weighted by atomic mass is 9.92. The van der Waals surface area contributed by atoms with Crippen LogP contribution in [0.3, 0.4) is 0 Å². The number of nitrogens with zero attached hydrogens (tertiary/aromatic N) is 1. The average Bonchev–Trinajstić information content (AvgIpc) is 2.23. The molecule has 16 heavy (non-hydrogen) atoms. The van der Waals surface area contributed by atoms with Crippen molar-refractivity contribution in [2.45, 2.75) is 19.8 Å². The molecule has 1 atom stereocenters. The third-order valence-corrected chi connectivity index (χ3v) is 2.75. The van der Waals surface area contributed by atoms with Gasteiger partial charge in [0.15, 0.2) is 0 Å².